The molecule has 0 aliphatic heterocycles. The molecule has 0 atom stereocenters. The van der Waals surface area contributed by atoms with Gasteiger partial charge in [0.25, 0.3) is 0 Å². The Balaban J connectivity index is 2.38. The molecule has 0 unspecified atom stereocenters. The molecule has 1 aromatic rings. The second-order valence-corrected chi connectivity index (χ2v) is 3.94. The number of nitrogen functional groups attached to an aromatic ring is 1. The summed E-state index contributed by atoms with van der Waals surface area (Å²) in [7, 11) is 1.69. The van der Waals surface area contributed by atoms with Crippen molar-refractivity contribution in [2.24, 2.45) is 0 Å². The molecule has 0 saturated carbocycles. The van der Waals surface area contributed by atoms with E-state index in [4.69, 9.17) is 5.73 Å². The summed E-state index contributed by atoms with van der Waals surface area (Å²) in [5, 5.41) is 2.56. The van der Waals surface area contributed by atoms with Crippen LogP contribution in [0.2, 0.25) is 0 Å². The number of likely N-dealkylation sites (N-methyl/N-ethyl adjacent to an activating group) is 1. The summed E-state index contributed by atoms with van der Waals surface area (Å²) in [6, 6.07) is 3.38. The Labute approximate surface area is 106 Å². The van der Waals surface area contributed by atoms with Crippen molar-refractivity contribution in [3.8, 4) is 0 Å². The fraction of sp³-hybridized carbons (Fsp3) is 0.417. The molecule has 98 valence electrons. The van der Waals surface area contributed by atoms with Crippen LogP contribution in [0, 0.1) is 0 Å². The number of pyridine rings is 1. The molecule has 0 spiro atoms. The second-order valence-electron chi connectivity index (χ2n) is 3.94. The van der Waals surface area contributed by atoms with Gasteiger partial charge in [0.1, 0.15) is 0 Å². The molecule has 0 saturated heterocycles. The maximum absolute atomic E-state index is 11.6. The molecule has 0 bridgehead atoms. The summed E-state index contributed by atoms with van der Waals surface area (Å²) in [6.07, 6.45) is 1.64. The zero-order valence-electron chi connectivity index (χ0n) is 10.6. The summed E-state index contributed by atoms with van der Waals surface area (Å²) >= 11 is 0. The Morgan fingerprint density at radius 1 is 1.44 bits per heavy atom. The van der Waals surface area contributed by atoms with E-state index in [1.54, 1.807) is 24.1 Å². The number of aromatic nitrogens is 1. The average Bonchev–Trinajstić information content (AvgIpc) is 2.37. The van der Waals surface area contributed by atoms with Crippen LogP contribution in [-0.2, 0) is 16.0 Å². The maximum Gasteiger partial charge on any atom is 0.241 e. The number of carbonyl (C=O) groups excluding carboxylic acids is 2. The molecule has 18 heavy (non-hydrogen) atoms. The first-order valence-corrected chi connectivity index (χ1v) is 5.74. The van der Waals surface area contributed by atoms with Gasteiger partial charge in [0.15, 0.2) is 0 Å². The second kappa shape index (κ2) is 6.58. The van der Waals surface area contributed by atoms with E-state index in [1.165, 1.54) is 6.20 Å². The Morgan fingerprint density at radius 2 is 2.17 bits per heavy atom. The van der Waals surface area contributed by atoms with E-state index in [9.17, 15) is 9.59 Å². The minimum atomic E-state index is -0.231. The number of nitrogens with zero attached hydrogens (tertiary/aromatic N) is 2. The van der Waals surface area contributed by atoms with Crippen LogP contribution in [0.1, 0.15) is 12.6 Å². The molecule has 1 aromatic heterocycles. The summed E-state index contributed by atoms with van der Waals surface area (Å²) in [5.41, 5.74) is 6.67. The zero-order chi connectivity index (χ0) is 13.5. The van der Waals surface area contributed by atoms with Gasteiger partial charge in [-0.2, -0.15) is 0 Å². The molecule has 0 aliphatic rings. The number of hydrogen-bond donors (Lipinski definition) is 2. The highest BCUT2D eigenvalue weighted by molar-refractivity contribution is 5.85. The first-order valence-electron chi connectivity index (χ1n) is 5.74. The van der Waals surface area contributed by atoms with E-state index >= 15 is 0 Å². The molecule has 6 nitrogen and oxygen atoms in total. The summed E-state index contributed by atoms with van der Waals surface area (Å²) in [6.45, 7) is 2.50. The quantitative estimate of drug-likeness (QED) is 0.757. The molecule has 6 heteroatoms. The first kappa shape index (κ1) is 14.0. The number of carbonyl (C=O) groups is 2. The molecule has 0 aliphatic carbocycles. The Bertz CT molecular complexity index is 417. The van der Waals surface area contributed by atoms with Crippen molar-refractivity contribution >= 4 is 17.5 Å². The largest absolute Gasteiger partial charge is 0.397 e. The van der Waals surface area contributed by atoms with Crippen molar-refractivity contribution in [3.63, 3.8) is 0 Å². The lowest BCUT2D eigenvalue weighted by Crippen LogP contribution is -2.38. The minimum Gasteiger partial charge on any atom is -0.397 e. The molecule has 1 heterocycles. The molecular weight excluding hydrogens is 232 g/mol. The molecule has 0 fully saturated rings. The van der Waals surface area contributed by atoms with Gasteiger partial charge in [0, 0.05) is 19.3 Å². The van der Waals surface area contributed by atoms with Crippen LogP contribution >= 0.6 is 0 Å². The zero-order valence-corrected chi connectivity index (χ0v) is 10.6. The highest BCUT2D eigenvalue weighted by Gasteiger charge is 2.09. The van der Waals surface area contributed by atoms with Gasteiger partial charge in [-0.25, -0.2) is 0 Å². The summed E-state index contributed by atoms with van der Waals surface area (Å²) in [4.78, 5) is 28.6. The fourth-order valence-electron chi connectivity index (χ4n) is 1.25. The monoisotopic (exact) mass is 250 g/mol. The van der Waals surface area contributed by atoms with E-state index in [1.807, 2.05) is 6.92 Å². The number of nitrogens with two attached hydrogens (primary N) is 1. The van der Waals surface area contributed by atoms with Gasteiger partial charge >= 0.3 is 0 Å². The highest BCUT2D eigenvalue weighted by atomic mass is 16.2. The van der Waals surface area contributed by atoms with E-state index in [0.717, 1.165) is 0 Å². The normalized spacial score (nSPS) is 9.89. The molecule has 3 N–H and O–H groups in total. The van der Waals surface area contributed by atoms with E-state index < -0.39 is 0 Å². The number of rotatable bonds is 5. The maximum atomic E-state index is 11.6. The molecular formula is C12H18N4O2. The summed E-state index contributed by atoms with van der Waals surface area (Å²) in [5.74, 6) is -0.346. The molecule has 0 aromatic carbocycles. The Kier molecular flexibility index (Phi) is 5.10. The minimum absolute atomic E-state index is 0.0120. The van der Waals surface area contributed by atoms with Gasteiger partial charge in [-0.15, -0.1) is 0 Å². The van der Waals surface area contributed by atoms with Crippen LogP contribution in [0.25, 0.3) is 0 Å². The van der Waals surface area contributed by atoms with E-state index in [-0.39, 0.29) is 24.8 Å². The molecule has 1 rings (SSSR count). The SMILES string of the molecule is CCN(C)C(=O)CNC(=O)Cc1ccc(N)cn1. The third-order valence-electron chi connectivity index (χ3n) is 2.53. The van der Waals surface area contributed by atoms with Gasteiger partial charge < -0.3 is 16.0 Å². The predicted octanol–water partition coefficient (Wildman–Crippen LogP) is -0.199. The Hall–Kier alpha value is -2.11. The van der Waals surface area contributed by atoms with Crippen molar-refractivity contribution in [2.75, 3.05) is 25.9 Å². The van der Waals surface area contributed by atoms with Crippen LogP contribution in [0.5, 0.6) is 0 Å². The van der Waals surface area contributed by atoms with E-state index in [0.29, 0.717) is 17.9 Å². The van der Waals surface area contributed by atoms with Crippen LogP contribution in [-0.4, -0.2) is 41.8 Å². The first-order chi connectivity index (χ1) is 8.52. The van der Waals surface area contributed by atoms with Crippen molar-refractivity contribution in [2.45, 2.75) is 13.3 Å². The standard InChI is InChI=1S/C12H18N4O2/c1-3-16(2)12(18)8-15-11(17)6-10-5-4-9(13)7-14-10/h4-5,7H,3,6,8,13H2,1-2H3,(H,15,17). The van der Waals surface area contributed by atoms with Crippen molar-refractivity contribution < 1.29 is 9.59 Å². The third-order valence-corrected chi connectivity index (χ3v) is 2.53. The fourth-order valence-corrected chi connectivity index (χ4v) is 1.25. The highest BCUT2D eigenvalue weighted by Crippen LogP contribution is 2.01. The molecule has 2 amide bonds. The lowest BCUT2D eigenvalue weighted by atomic mass is 10.2. The third kappa shape index (κ3) is 4.40. The smallest absolute Gasteiger partial charge is 0.241 e. The number of nitrogens with one attached hydrogen (secondary N) is 1. The topological polar surface area (TPSA) is 88.3 Å². The van der Waals surface area contributed by atoms with Crippen molar-refractivity contribution in [1.82, 2.24) is 15.2 Å². The predicted molar refractivity (Wildman–Crippen MR) is 68.7 cm³/mol. The van der Waals surface area contributed by atoms with Gasteiger partial charge in [0.05, 0.1) is 24.8 Å². The van der Waals surface area contributed by atoms with Gasteiger partial charge in [-0.1, -0.05) is 0 Å². The lowest BCUT2D eigenvalue weighted by molar-refractivity contribution is -0.131. The molecule has 0 radical (unpaired) electrons. The Morgan fingerprint density at radius 3 is 2.72 bits per heavy atom. The van der Waals surface area contributed by atoms with Gasteiger partial charge in [0.2, 0.25) is 11.8 Å². The number of hydrogen-bond acceptors (Lipinski definition) is 4. The van der Waals surface area contributed by atoms with E-state index in [2.05, 4.69) is 10.3 Å². The van der Waals surface area contributed by atoms with Crippen molar-refractivity contribution in [3.05, 3.63) is 24.0 Å². The average molecular weight is 250 g/mol. The number of amides is 2. The number of anilines is 1. The van der Waals surface area contributed by atoms with Gasteiger partial charge in [-0.05, 0) is 19.1 Å². The van der Waals surface area contributed by atoms with Crippen LogP contribution < -0.4 is 11.1 Å². The van der Waals surface area contributed by atoms with Crippen LogP contribution in [0.4, 0.5) is 5.69 Å². The van der Waals surface area contributed by atoms with Gasteiger partial charge in [-0.3, -0.25) is 14.6 Å². The van der Waals surface area contributed by atoms with Crippen LogP contribution in [0.3, 0.4) is 0 Å². The van der Waals surface area contributed by atoms with Crippen molar-refractivity contribution in [1.29, 1.82) is 0 Å². The van der Waals surface area contributed by atoms with Crippen LogP contribution in [0.15, 0.2) is 18.3 Å². The lowest BCUT2D eigenvalue weighted by Gasteiger charge is -2.14. The summed E-state index contributed by atoms with van der Waals surface area (Å²) < 4.78 is 0.